The van der Waals surface area contributed by atoms with Crippen molar-refractivity contribution in [3.63, 3.8) is 0 Å². The van der Waals surface area contributed by atoms with E-state index < -0.39 is 11.9 Å². The van der Waals surface area contributed by atoms with Crippen LogP contribution in [0, 0.1) is 5.92 Å². The lowest BCUT2D eigenvalue weighted by molar-refractivity contribution is -0.141. The number of anilines is 1. The molecule has 3 rings (SSSR count). The van der Waals surface area contributed by atoms with E-state index in [-0.39, 0.29) is 5.82 Å². The number of hydrogen-bond acceptors (Lipinski definition) is 4. The fraction of sp³-hybridized carbons (Fsp3) is 0.412. The Labute approximate surface area is 138 Å². The third-order valence-electron chi connectivity index (χ3n) is 4.05. The topological polar surface area (TPSA) is 38.2 Å². The minimum Gasteiger partial charge on any atom is -0.384 e. The first-order chi connectivity index (χ1) is 11.5. The summed E-state index contributed by atoms with van der Waals surface area (Å²) in [7, 11) is 1.63. The molecule has 0 N–H and O–H groups in total. The summed E-state index contributed by atoms with van der Waals surface area (Å²) in [6, 6.07) is 9.75. The maximum Gasteiger partial charge on any atom is 0.433 e. The lowest BCUT2D eigenvalue weighted by Crippen LogP contribution is -2.23. The largest absolute Gasteiger partial charge is 0.433 e. The van der Waals surface area contributed by atoms with E-state index in [0.29, 0.717) is 37.0 Å². The van der Waals surface area contributed by atoms with Crippen molar-refractivity contribution < 1.29 is 17.9 Å². The lowest BCUT2D eigenvalue weighted by atomic mass is 10.1. The number of methoxy groups -OCH3 is 1. The number of nitrogens with zero attached hydrogens (tertiary/aromatic N) is 3. The first-order valence-corrected chi connectivity index (χ1v) is 7.73. The van der Waals surface area contributed by atoms with Crippen molar-refractivity contribution in [2.45, 2.75) is 12.6 Å². The molecule has 1 unspecified atom stereocenters. The monoisotopic (exact) mass is 337 g/mol. The molecule has 0 radical (unpaired) electrons. The van der Waals surface area contributed by atoms with Gasteiger partial charge in [-0.25, -0.2) is 9.97 Å². The fourth-order valence-corrected chi connectivity index (χ4v) is 2.87. The zero-order valence-electron chi connectivity index (χ0n) is 13.3. The summed E-state index contributed by atoms with van der Waals surface area (Å²) in [4.78, 5) is 9.95. The summed E-state index contributed by atoms with van der Waals surface area (Å²) in [5.41, 5.74) is -0.348. The minimum atomic E-state index is -4.51. The Morgan fingerprint density at radius 1 is 1.21 bits per heavy atom. The predicted molar refractivity (Wildman–Crippen MR) is 84.7 cm³/mol. The summed E-state index contributed by atoms with van der Waals surface area (Å²) in [5, 5.41) is 0. The zero-order valence-corrected chi connectivity index (χ0v) is 13.3. The second kappa shape index (κ2) is 6.76. The molecule has 7 heteroatoms. The third-order valence-corrected chi connectivity index (χ3v) is 4.05. The summed E-state index contributed by atoms with van der Waals surface area (Å²) >= 11 is 0. The fourth-order valence-electron chi connectivity index (χ4n) is 2.87. The van der Waals surface area contributed by atoms with Gasteiger partial charge in [0.2, 0.25) is 0 Å². The van der Waals surface area contributed by atoms with Crippen LogP contribution in [0.2, 0.25) is 0 Å². The van der Waals surface area contributed by atoms with Crippen molar-refractivity contribution >= 4 is 5.82 Å². The van der Waals surface area contributed by atoms with Gasteiger partial charge in [0.15, 0.2) is 11.5 Å². The van der Waals surface area contributed by atoms with Crippen LogP contribution in [0.3, 0.4) is 0 Å². The van der Waals surface area contributed by atoms with Gasteiger partial charge < -0.3 is 9.64 Å². The van der Waals surface area contributed by atoms with Gasteiger partial charge in [0, 0.05) is 37.7 Å². The maximum absolute atomic E-state index is 13.2. The van der Waals surface area contributed by atoms with Crippen LogP contribution in [0.25, 0.3) is 11.4 Å². The van der Waals surface area contributed by atoms with Crippen LogP contribution in [0.5, 0.6) is 0 Å². The van der Waals surface area contributed by atoms with Gasteiger partial charge in [-0.3, -0.25) is 0 Å². The molecule has 1 aromatic heterocycles. The second-order valence-electron chi connectivity index (χ2n) is 5.85. The molecule has 2 aromatic rings. The summed E-state index contributed by atoms with van der Waals surface area (Å²) in [5.74, 6) is 0.713. The van der Waals surface area contributed by atoms with Crippen LogP contribution < -0.4 is 4.90 Å². The summed E-state index contributed by atoms with van der Waals surface area (Å²) in [6.45, 7) is 1.90. The smallest absolute Gasteiger partial charge is 0.384 e. The number of alkyl halides is 3. The summed E-state index contributed by atoms with van der Waals surface area (Å²) in [6.07, 6.45) is -3.63. The van der Waals surface area contributed by atoms with Gasteiger partial charge in [-0.15, -0.1) is 0 Å². The Bertz CT molecular complexity index is 691. The molecule has 1 aromatic carbocycles. The van der Waals surface area contributed by atoms with Gasteiger partial charge >= 0.3 is 6.18 Å². The molecule has 0 saturated carbocycles. The van der Waals surface area contributed by atoms with Crippen molar-refractivity contribution in [3.05, 3.63) is 42.1 Å². The highest BCUT2D eigenvalue weighted by molar-refractivity contribution is 5.58. The molecule has 1 fully saturated rings. The van der Waals surface area contributed by atoms with Crippen LogP contribution in [-0.4, -0.2) is 36.8 Å². The standard InChI is InChI=1S/C17H18F3N3O/c1-24-11-12-7-8-23(10-12)15-9-14(17(18,19)20)21-16(22-15)13-5-3-2-4-6-13/h2-6,9,12H,7-8,10-11H2,1H3. The molecule has 0 amide bonds. The van der Waals surface area contributed by atoms with Crippen molar-refractivity contribution in [2.75, 3.05) is 31.7 Å². The average Bonchev–Trinajstić information content (AvgIpc) is 3.03. The molecule has 0 bridgehead atoms. The molecule has 4 nitrogen and oxygen atoms in total. The quantitative estimate of drug-likeness (QED) is 0.854. The van der Waals surface area contributed by atoms with Gasteiger partial charge in [0.25, 0.3) is 0 Å². The van der Waals surface area contributed by atoms with Crippen LogP contribution in [0.15, 0.2) is 36.4 Å². The first kappa shape index (κ1) is 16.7. The third kappa shape index (κ3) is 3.67. The molecule has 0 spiro atoms. The average molecular weight is 337 g/mol. The van der Waals surface area contributed by atoms with Gasteiger partial charge in [0.05, 0.1) is 6.61 Å². The van der Waals surface area contributed by atoms with Crippen molar-refractivity contribution in [1.82, 2.24) is 9.97 Å². The van der Waals surface area contributed by atoms with Crippen LogP contribution >= 0.6 is 0 Å². The predicted octanol–water partition coefficient (Wildman–Crippen LogP) is 3.64. The SMILES string of the molecule is COCC1CCN(c2cc(C(F)(F)F)nc(-c3ccccc3)n2)C1. The molecule has 1 aliphatic rings. The molecular formula is C17H18F3N3O. The Morgan fingerprint density at radius 2 is 1.96 bits per heavy atom. The van der Waals surface area contributed by atoms with E-state index in [0.717, 1.165) is 12.5 Å². The van der Waals surface area contributed by atoms with Gasteiger partial charge in [-0.2, -0.15) is 13.2 Å². The number of benzene rings is 1. The van der Waals surface area contributed by atoms with E-state index in [1.807, 2.05) is 4.90 Å². The summed E-state index contributed by atoms with van der Waals surface area (Å²) < 4.78 is 44.8. The van der Waals surface area contributed by atoms with Gasteiger partial charge in [0.1, 0.15) is 5.82 Å². The molecule has 1 aliphatic heterocycles. The van der Waals surface area contributed by atoms with Gasteiger partial charge in [-0.1, -0.05) is 30.3 Å². The Hall–Kier alpha value is -2.15. The number of hydrogen-bond donors (Lipinski definition) is 0. The molecule has 24 heavy (non-hydrogen) atoms. The van der Waals surface area contributed by atoms with E-state index >= 15 is 0 Å². The molecule has 1 saturated heterocycles. The number of aromatic nitrogens is 2. The number of rotatable bonds is 4. The zero-order chi connectivity index (χ0) is 17.2. The van der Waals surface area contributed by atoms with E-state index in [1.54, 1.807) is 37.4 Å². The van der Waals surface area contributed by atoms with Crippen molar-refractivity contribution in [2.24, 2.45) is 5.92 Å². The number of halogens is 3. The minimum absolute atomic E-state index is 0.0932. The highest BCUT2D eigenvalue weighted by Gasteiger charge is 2.35. The highest BCUT2D eigenvalue weighted by atomic mass is 19.4. The van der Waals surface area contributed by atoms with E-state index in [9.17, 15) is 13.2 Å². The highest BCUT2D eigenvalue weighted by Crippen LogP contribution is 2.33. The van der Waals surface area contributed by atoms with E-state index in [2.05, 4.69) is 9.97 Å². The van der Waals surface area contributed by atoms with Crippen molar-refractivity contribution in [1.29, 1.82) is 0 Å². The Morgan fingerprint density at radius 3 is 2.62 bits per heavy atom. The lowest BCUT2D eigenvalue weighted by Gasteiger charge is -2.19. The normalized spacial score (nSPS) is 18.2. The van der Waals surface area contributed by atoms with Crippen LogP contribution in [0.4, 0.5) is 19.0 Å². The van der Waals surface area contributed by atoms with Crippen molar-refractivity contribution in [3.8, 4) is 11.4 Å². The molecule has 0 aliphatic carbocycles. The first-order valence-electron chi connectivity index (χ1n) is 7.73. The number of ether oxygens (including phenoxy) is 1. The van der Waals surface area contributed by atoms with Gasteiger partial charge in [-0.05, 0) is 6.42 Å². The van der Waals surface area contributed by atoms with E-state index in [1.165, 1.54) is 0 Å². The molecule has 1 atom stereocenters. The van der Waals surface area contributed by atoms with E-state index in [4.69, 9.17) is 4.74 Å². The maximum atomic E-state index is 13.2. The Balaban J connectivity index is 1.97. The molecule has 128 valence electrons. The van der Waals surface area contributed by atoms with Crippen LogP contribution in [-0.2, 0) is 10.9 Å². The Kier molecular flexibility index (Phi) is 4.71. The van der Waals surface area contributed by atoms with Crippen LogP contribution in [0.1, 0.15) is 12.1 Å². The molecule has 2 heterocycles. The second-order valence-corrected chi connectivity index (χ2v) is 5.85. The molecular weight excluding hydrogens is 319 g/mol.